The third kappa shape index (κ3) is 2.75. The zero-order chi connectivity index (χ0) is 16.6. The van der Waals surface area contributed by atoms with Gasteiger partial charge in [0.1, 0.15) is 11.6 Å². The van der Waals surface area contributed by atoms with Crippen LogP contribution in [0.1, 0.15) is 30.6 Å². The third-order valence-corrected chi connectivity index (χ3v) is 3.96. The van der Waals surface area contributed by atoms with Gasteiger partial charge in [-0.05, 0) is 31.4 Å². The second kappa shape index (κ2) is 5.92. The van der Waals surface area contributed by atoms with Crippen LogP contribution in [0.5, 0.6) is 0 Å². The van der Waals surface area contributed by atoms with E-state index in [1.165, 1.54) is 18.0 Å². The minimum Gasteiger partial charge on any atom is -0.389 e. The standard InChI is InChI=1S/C16H17FN4O2/c1-9(22)14-12(7-19-8-13(14)17)11-5-10-3-2-4-21(16(18)23)15(10)20-6-11/h5-9,22H,2-4H2,1H3,(H2,18,23). The zero-order valence-electron chi connectivity index (χ0n) is 12.7. The number of carbonyl (C=O) groups excluding carboxylic acids is 1. The topological polar surface area (TPSA) is 92.3 Å². The number of hydrogen-bond acceptors (Lipinski definition) is 4. The molecule has 0 aliphatic carbocycles. The van der Waals surface area contributed by atoms with Gasteiger partial charge >= 0.3 is 6.03 Å². The van der Waals surface area contributed by atoms with Crippen molar-refractivity contribution in [2.24, 2.45) is 5.73 Å². The minimum absolute atomic E-state index is 0.185. The molecule has 2 aromatic rings. The molecule has 0 spiro atoms. The number of nitrogens with zero attached hydrogens (tertiary/aromatic N) is 3. The smallest absolute Gasteiger partial charge is 0.320 e. The van der Waals surface area contributed by atoms with Crippen molar-refractivity contribution in [1.82, 2.24) is 9.97 Å². The first-order valence-corrected chi connectivity index (χ1v) is 7.36. The number of anilines is 1. The summed E-state index contributed by atoms with van der Waals surface area (Å²) < 4.78 is 14.0. The Kier molecular flexibility index (Phi) is 3.96. The Bertz CT molecular complexity index is 764. The lowest BCUT2D eigenvalue weighted by molar-refractivity contribution is 0.194. The van der Waals surface area contributed by atoms with E-state index in [0.717, 1.165) is 24.6 Å². The van der Waals surface area contributed by atoms with E-state index < -0.39 is 18.0 Å². The number of pyridine rings is 2. The fourth-order valence-corrected chi connectivity index (χ4v) is 2.93. The van der Waals surface area contributed by atoms with Crippen molar-refractivity contribution in [2.75, 3.05) is 11.4 Å². The van der Waals surface area contributed by atoms with Crippen LogP contribution in [0.15, 0.2) is 24.7 Å². The van der Waals surface area contributed by atoms with Crippen LogP contribution in [0.2, 0.25) is 0 Å². The van der Waals surface area contributed by atoms with E-state index in [-0.39, 0.29) is 5.56 Å². The average Bonchev–Trinajstić information content (AvgIpc) is 2.53. The molecule has 0 bridgehead atoms. The summed E-state index contributed by atoms with van der Waals surface area (Å²) in [6.45, 7) is 2.04. The van der Waals surface area contributed by atoms with Crippen LogP contribution < -0.4 is 10.6 Å². The number of rotatable bonds is 2. The molecule has 0 aromatic carbocycles. The Morgan fingerprint density at radius 1 is 1.43 bits per heavy atom. The molecule has 120 valence electrons. The Balaban J connectivity index is 2.10. The second-order valence-corrected chi connectivity index (χ2v) is 5.56. The SMILES string of the molecule is CC(O)c1c(F)cncc1-c1cnc2c(c1)CCCN2C(N)=O. The summed E-state index contributed by atoms with van der Waals surface area (Å²) in [6.07, 6.45) is 4.70. The molecule has 3 N–H and O–H groups in total. The predicted molar refractivity (Wildman–Crippen MR) is 83.3 cm³/mol. The van der Waals surface area contributed by atoms with Crippen molar-refractivity contribution in [3.05, 3.63) is 41.6 Å². The van der Waals surface area contributed by atoms with Crippen LogP contribution in [0, 0.1) is 5.82 Å². The number of fused-ring (bicyclic) bond motifs is 1. The number of carbonyl (C=O) groups is 1. The van der Waals surface area contributed by atoms with E-state index in [0.29, 0.717) is 23.5 Å². The number of halogens is 1. The molecule has 1 aliphatic rings. The van der Waals surface area contributed by atoms with E-state index in [9.17, 15) is 14.3 Å². The molecule has 1 aliphatic heterocycles. The van der Waals surface area contributed by atoms with E-state index in [1.807, 2.05) is 6.07 Å². The lowest BCUT2D eigenvalue weighted by Gasteiger charge is -2.27. The second-order valence-electron chi connectivity index (χ2n) is 5.56. The predicted octanol–water partition coefficient (Wildman–Crippen LogP) is 2.17. The normalized spacial score (nSPS) is 15.2. The van der Waals surface area contributed by atoms with Gasteiger partial charge in [-0.15, -0.1) is 0 Å². The summed E-state index contributed by atoms with van der Waals surface area (Å²) in [7, 11) is 0. The molecule has 0 fully saturated rings. The van der Waals surface area contributed by atoms with Crippen LogP contribution in [-0.2, 0) is 6.42 Å². The van der Waals surface area contributed by atoms with E-state index in [1.54, 1.807) is 6.20 Å². The fraction of sp³-hybridized carbons (Fsp3) is 0.312. The van der Waals surface area contributed by atoms with Gasteiger partial charge in [0.2, 0.25) is 0 Å². The number of aliphatic hydroxyl groups excluding tert-OH is 1. The molecule has 6 nitrogen and oxygen atoms in total. The molecule has 23 heavy (non-hydrogen) atoms. The van der Waals surface area contributed by atoms with E-state index in [4.69, 9.17) is 5.73 Å². The van der Waals surface area contributed by atoms with Gasteiger partial charge in [-0.1, -0.05) is 0 Å². The molecule has 0 radical (unpaired) electrons. The minimum atomic E-state index is -0.967. The number of nitrogens with two attached hydrogens (primary N) is 1. The number of aromatic nitrogens is 2. The number of aliphatic hydroxyl groups is 1. The number of aryl methyl sites for hydroxylation is 1. The summed E-state index contributed by atoms with van der Waals surface area (Å²) in [5, 5.41) is 9.84. The molecular formula is C16H17FN4O2. The highest BCUT2D eigenvalue weighted by atomic mass is 19.1. The molecule has 1 atom stereocenters. The summed E-state index contributed by atoms with van der Waals surface area (Å²) in [5.74, 6) is -0.0237. The van der Waals surface area contributed by atoms with Crippen molar-refractivity contribution in [3.63, 3.8) is 0 Å². The number of primary amides is 1. The van der Waals surface area contributed by atoms with E-state index >= 15 is 0 Å². The summed E-state index contributed by atoms with van der Waals surface area (Å²) in [5.41, 5.74) is 7.57. The molecule has 2 amide bonds. The van der Waals surface area contributed by atoms with Gasteiger partial charge in [-0.25, -0.2) is 14.2 Å². The van der Waals surface area contributed by atoms with Crippen LogP contribution in [0.3, 0.4) is 0 Å². The summed E-state index contributed by atoms with van der Waals surface area (Å²) in [6, 6.07) is 1.31. The first-order chi connectivity index (χ1) is 11.0. The molecule has 2 aromatic heterocycles. The van der Waals surface area contributed by atoms with Crippen LogP contribution in [0.4, 0.5) is 15.0 Å². The number of amides is 2. The highest BCUT2D eigenvalue weighted by Crippen LogP contribution is 2.33. The number of hydrogen-bond donors (Lipinski definition) is 2. The monoisotopic (exact) mass is 316 g/mol. The maximum Gasteiger partial charge on any atom is 0.320 e. The lowest BCUT2D eigenvalue weighted by Crippen LogP contribution is -2.40. The largest absolute Gasteiger partial charge is 0.389 e. The van der Waals surface area contributed by atoms with Gasteiger partial charge in [0, 0.05) is 35.6 Å². The quantitative estimate of drug-likeness (QED) is 0.888. The molecule has 3 heterocycles. The summed E-state index contributed by atoms with van der Waals surface area (Å²) in [4.78, 5) is 21.1. The van der Waals surface area contributed by atoms with Gasteiger partial charge in [-0.3, -0.25) is 9.88 Å². The van der Waals surface area contributed by atoms with Gasteiger partial charge in [0.15, 0.2) is 0 Å². The first kappa shape index (κ1) is 15.4. The first-order valence-electron chi connectivity index (χ1n) is 7.36. The van der Waals surface area contributed by atoms with Gasteiger partial charge in [0.05, 0.1) is 12.3 Å². The van der Waals surface area contributed by atoms with Gasteiger partial charge < -0.3 is 10.8 Å². The molecule has 1 unspecified atom stereocenters. The molecule has 0 saturated heterocycles. The molecule has 0 saturated carbocycles. The highest BCUT2D eigenvalue weighted by molar-refractivity contribution is 5.91. The molecule has 7 heteroatoms. The van der Waals surface area contributed by atoms with Gasteiger partial charge in [0.25, 0.3) is 0 Å². The maximum absolute atomic E-state index is 14.0. The Hall–Kier alpha value is -2.54. The molecular weight excluding hydrogens is 299 g/mol. The van der Waals surface area contributed by atoms with E-state index in [2.05, 4.69) is 9.97 Å². The Labute approximate surface area is 132 Å². The Morgan fingerprint density at radius 3 is 2.91 bits per heavy atom. The van der Waals surface area contributed by atoms with Crippen LogP contribution in [0.25, 0.3) is 11.1 Å². The van der Waals surface area contributed by atoms with Crippen molar-refractivity contribution < 1.29 is 14.3 Å². The maximum atomic E-state index is 14.0. The van der Waals surface area contributed by atoms with Crippen molar-refractivity contribution in [3.8, 4) is 11.1 Å². The summed E-state index contributed by atoms with van der Waals surface area (Å²) >= 11 is 0. The third-order valence-electron chi connectivity index (χ3n) is 3.96. The van der Waals surface area contributed by atoms with Gasteiger partial charge in [-0.2, -0.15) is 0 Å². The zero-order valence-corrected chi connectivity index (χ0v) is 12.7. The van der Waals surface area contributed by atoms with Crippen molar-refractivity contribution in [1.29, 1.82) is 0 Å². The lowest BCUT2D eigenvalue weighted by atomic mass is 9.96. The van der Waals surface area contributed by atoms with Crippen LogP contribution >= 0.6 is 0 Å². The van der Waals surface area contributed by atoms with Crippen LogP contribution in [-0.4, -0.2) is 27.7 Å². The van der Waals surface area contributed by atoms with Crippen molar-refractivity contribution >= 4 is 11.8 Å². The Morgan fingerprint density at radius 2 is 2.22 bits per heavy atom. The number of urea groups is 1. The van der Waals surface area contributed by atoms with Crippen molar-refractivity contribution in [2.45, 2.75) is 25.9 Å². The fourth-order valence-electron chi connectivity index (χ4n) is 2.93. The molecule has 3 rings (SSSR count). The highest BCUT2D eigenvalue weighted by Gasteiger charge is 2.23. The average molecular weight is 316 g/mol.